The Morgan fingerprint density at radius 2 is 1.93 bits per heavy atom. The molecule has 0 atom stereocenters. The summed E-state index contributed by atoms with van der Waals surface area (Å²) in [4.78, 5) is 1.95. The van der Waals surface area contributed by atoms with Crippen LogP contribution < -0.4 is 4.74 Å². The van der Waals surface area contributed by atoms with Crippen LogP contribution in [0.3, 0.4) is 0 Å². The molecule has 82 valence electrons. The Hall–Kier alpha value is -1.51. The molecule has 1 N–H and O–H groups in total. The fourth-order valence-electron chi connectivity index (χ4n) is 1.37. The van der Waals surface area contributed by atoms with Gasteiger partial charge >= 0.3 is 0 Å². The number of nitrogens with one attached hydrogen (secondary N) is 1. The molecule has 1 aromatic rings. The van der Waals surface area contributed by atoms with Crippen LogP contribution >= 0.6 is 0 Å². The van der Waals surface area contributed by atoms with Gasteiger partial charge in [0.25, 0.3) is 0 Å². The van der Waals surface area contributed by atoms with Crippen LogP contribution in [0.5, 0.6) is 5.75 Å². The molecule has 3 nitrogen and oxygen atoms in total. The summed E-state index contributed by atoms with van der Waals surface area (Å²) in [7, 11) is 3.60. The first-order chi connectivity index (χ1) is 7.17. The molecule has 0 saturated heterocycles. The third kappa shape index (κ3) is 3.27. The average Bonchev–Trinajstić information content (AvgIpc) is 2.29. The zero-order chi connectivity index (χ0) is 11.3. The summed E-state index contributed by atoms with van der Waals surface area (Å²) in [6.07, 6.45) is 0.770. The Labute approximate surface area is 91.2 Å². The fourth-order valence-corrected chi connectivity index (χ4v) is 1.37. The van der Waals surface area contributed by atoms with Crippen LogP contribution in [0.15, 0.2) is 24.3 Å². The first-order valence-electron chi connectivity index (χ1n) is 5.09. The molecular weight excluding hydrogens is 188 g/mol. The Morgan fingerprint density at radius 3 is 2.40 bits per heavy atom. The summed E-state index contributed by atoms with van der Waals surface area (Å²) >= 11 is 0. The predicted octanol–water partition coefficient (Wildman–Crippen LogP) is 2.51. The molecule has 0 amide bonds. The summed E-state index contributed by atoms with van der Waals surface area (Å²) < 4.78 is 5.09. The number of ether oxygens (including phenoxy) is 1. The maximum absolute atomic E-state index is 7.67. The molecule has 1 rings (SSSR count). The second-order valence-corrected chi connectivity index (χ2v) is 3.50. The lowest BCUT2D eigenvalue weighted by Gasteiger charge is -2.19. The Kier molecular flexibility index (Phi) is 4.16. The fraction of sp³-hybridized carbons (Fsp3) is 0.417. The van der Waals surface area contributed by atoms with E-state index in [9.17, 15) is 0 Å². The van der Waals surface area contributed by atoms with Gasteiger partial charge in [-0.1, -0.05) is 19.1 Å². The maximum Gasteiger partial charge on any atom is 0.118 e. The van der Waals surface area contributed by atoms with Crippen LogP contribution in [0.4, 0.5) is 0 Å². The van der Waals surface area contributed by atoms with Crippen molar-refractivity contribution in [3.63, 3.8) is 0 Å². The van der Waals surface area contributed by atoms with Crippen LogP contribution in [0.25, 0.3) is 0 Å². The van der Waals surface area contributed by atoms with Crippen LogP contribution in [0.2, 0.25) is 0 Å². The lowest BCUT2D eigenvalue weighted by Crippen LogP contribution is -2.24. The van der Waals surface area contributed by atoms with Crippen molar-refractivity contribution >= 4 is 5.84 Å². The highest BCUT2D eigenvalue weighted by molar-refractivity contribution is 5.78. The molecule has 3 heteroatoms. The molecule has 0 aliphatic carbocycles. The predicted molar refractivity (Wildman–Crippen MR) is 62.5 cm³/mol. The molecule has 0 aromatic heterocycles. The lowest BCUT2D eigenvalue weighted by molar-refractivity contribution is 0.414. The molecule has 1 aromatic carbocycles. The molecule has 0 radical (unpaired) electrons. The minimum atomic E-state index is 0.658. The van der Waals surface area contributed by atoms with Gasteiger partial charge in [0, 0.05) is 20.0 Å². The van der Waals surface area contributed by atoms with Crippen molar-refractivity contribution in [2.45, 2.75) is 19.9 Å². The van der Waals surface area contributed by atoms with E-state index in [4.69, 9.17) is 10.1 Å². The standard InChI is InChI=1S/C12H18N2O/c1-4-12(13)14(2)9-10-5-7-11(15-3)8-6-10/h5-8,13H,4,9H2,1-3H3. The molecule has 0 spiro atoms. The van der Waals surface area contributed by atoms with Crippen LogP contribution in [0, 0.1) is 5.41 Å². The summed E-state index contributed by atoms with van der Waals surface area (Å²) in [6.45, 7) is 2.77. The van der Waals surface area contributed by atoms with E-state index in [2.05, 4.69) is 0 Å². The van der Waals surface area contributed by atoms with Gasteiger partial charge in [0.2, 0.25) is 0 Å². The molecule has 15 heavy (non-hydrogen) atoms. The highest BCUT2D eigenvalue weighted by Gasteiger charge is 2.02. The molecule has 0 heterocycles. The minimum absolute atomic E-state index is 0.658. The highest BCUT2D eigenvalue weighted by atomic mass is 16.5. The summed E-state index contributed by atoms with van der Waals surface area (Å²) in [5, 5.41) is 7.67. The normalized spacial score (nSPS) is 9.80. The van der Waals surface area contributed by atoms with Gasteiger partial charge in [0.05, 0.1) is 12.9 Å². The van der Waals surface area contributed by atoms with E-state index in [-0.39, 0.29) is 0 Å². The molecular formula is C12H18N2O. The second kappa shape index (κ2) is 5.39. The van der Waals surface area contributed by atoms with E-state index >= 15 is 0 Å². The Bertz CT molecular complexity index is 319. The molecule has 0 fully saturated rings. The number of hydrogen-bond donors (Lipinski definition) is 1. The van der Waals surface area contributed by atoms with E-state index < -0.39 is 0 Å². The van der Waals surface area contributed by atoms with Gasteiger partial charge in [-0.2, -0.15) is 0 Å². The Morgan fingerprint density at radius 1 is 1.33 bits per heavy atom. The SMILES string of the molecule is CCC(=N)N(C)Cc1ccc(OC)cc1. The largest absolute Gasteiger partial charge is 0.497 e. The zero-order valence-corrected chi connectivity index (χ0v) is 9.58. The highest BCUT2D eigenvalue weighted by Crippen LogP contribution is 2.12. The van der Waals surface area contributed by atoms with E-state index in [1.54, 1.807) is 7.11 Å². The van der Waals surface area contributed by atoms with Crippen molar-refractivity contribution in [2.24, 2.45) is 0 Å². The van der Waals surface area contributed by atoms with E-state index in [1.165, 1.54) is 5.56 Å². The maximum atomic E-state index is 7.67. The van der Waals surface area contributed by atoms with Crippen molar-refractivity contribution in [3.8, 4) is 5.75 Å². The molecule has 0 aliphatic heterocycles. The smallest absolute Gasteiger partial charge is 0.118 e. The molecule has 0 aliphatic rings. The number of hydrogen-bond acceptors (Lipinski definition) is 2. The third-order valence-corrected chi connectivity index (χ3v) is 2.37. The van der Waals surface area contributed by atoms with Gasteiger partial charge in [0.15, 0.2) is 0 Å². The average molecular weight is 206 g/mol. The molecule has 0 unspecified atom stereocenters. The topological polar surface area (TPSA) is 36.3 Å². The monoisotopic (exact) mass is 206 g/mol. The van der Waals surface area contributed by atoms with Gasteiger partial charge in [-0.3, -0.25) is 5.41 Å². The summed E-state index contributed by atoms with van der Waals surface area (Å²) in [5.74, 6) is 1.53. The third-order valence-electron chi connectivity index (χ3n) is 2.37. The van der Waals surface area contributed by atoms with Gasteiger partial charge in [0.1, 0.15) is 5.75 Å². The second-order valence-electron chi connectivity index (χ2n) is 3.50. The number of rotatable bonds is 4. The van der Waals surface area contributed by atoms with Gasteiger partial charge in [-0.15, -0.1) is 0 Å². The first-order valence-corrected chi connectivity index (χ1v) is 5.09. The Balaban J connectivity index is 2.60. The van der Waals surface area contributed by atoms with Gasteiger partial charge < -0.3 is 9.64 Å². The van der Waals surface area contributed by atoms with E-state index in [0.717, 1.165) is 18.7 Å². The summed E-state index contributed by atoms with van der Waals surface area (Å²) in [5.41, 5.74) is 1.19. The van der Waals surface area contributed by atoms with Crippen molar-refractivity contribution in [3.05, 3.63) is 29.8 Å². The van der Waals surface area contributed by atoms with Crippen molar-refractivity contribution in [1.82, 2.24) is 4.90 Å². The van der Waals surface area contributed by atoms with E-state index in [1.807, 2.05) is 43.1 Å². The number of benzene rings is 1. The number of methoxy groups -OCH3 is 1. The summed E-state index contributed by atoms with van der Waals surface area (Å²) in [6, 6.07) is 7.94. The minimum Gasteiger partial charge on any atom is -0.497 e. The first kappa shape index (κ1) is 11.6. The van der Waals surface area contributed by atoms with Crippen LogP contribution in [-0.4, -0.2) is 24.9 Å². The van der Waals surface area contributed by atoms with Gasteiger partial charge in [-0.05, 0) is 17.7 Å². The number of nitrogens with zero attached hydrogens (tertiary/aromatic N) is 1. The quantitative estimate of drug-likeness (QED) is 0.607. The van der Waals surface area contributed by atoms with Crippen molar-refractivity contribution in [1.29, 1.82) is 5.41 Å². The zero-order valence-electron chi connectivity index (χ0n) is 9.58. The van der Waals surface area contributed by atoms with Crippen LogP contribution in [-0.2, 0) is 6.54 Å². The number of amidine groups is 1. The molecule has 0 bridgehead atoms. The van der Waals surface area contributed by atoms with Gasteiger partial charge in [-0.25, -0.2) is 0 Å². The van der Waals surface area contributed by atoms with Crippen molar-refractivity contribution < 1.29 is 4.74 Å². The lowest BCUT2D eigenvalue weighted by atomic mass is 10.2. The van der Waals surface area contributed by atoms with Crippen LogP contribution in [0.1, 0.15) is 18.9 Å². The van der Waals surface area contributed by atoms with Crippen molar-refractivity contribution in [2.75, 3.05) is 14.2 Å². The molecule has 0 saturated carbocycles. The van der Waals surface area contributed by atoms with E-state index in [0.29, 0.717) is 5.84 Å².